The second-order valence-corrected chi connectivity index (χ2v) is 8.02. The van der Waals surface area contributed by atoms with Gasteiger partial charge in [-0.05, 0) is 42.9 Å². The summed E-state index contributed by atoms with van der Waals surface area (Å²) in [4.78, 5) is 17.8. The van der Waals surface area contributed by atoms with Gasteiger partial charge in [0.1, 0.15) is 0 Å². The summed E-state index contributed by atoms with van der Waals surface area (Å²) >= 11 is 13.9. The highest BCUT2D eigenvalue weighted by atomic mass is 35.5. The Morgan fingerprint density at radius 1 is 1.08 bits per heavy atom. The molecule has 3 nitrogen and oxygen atoms in total. The third-order valence-corrected chi connectivity index (χ3v) is 6.06. The highest BCUT2D eigenvalue weighted by Crippen LogP contribution is 2.32. The average Bonchev–Trinajstić information content (AvgIpc) is 2.63. The average molecular weight is 395 g/mol. The Morgan fingerprint density at radius 2 is 1.84 bits per heavy atom. The Hall–Kier alpha value is -1.20. The number of nitrogens with zero attached hydrogens (tertiary/aromatic N) is 2. The van der Waals surface area contributed by atoms with Gasteiger partial charge >= 0.3 is 0 Å². The fourth-order valence-corrected chi connectivity index (χ4v) is 4.17. The summed E-state index contributed by atoms with van der Waals surface area (Å²) in [5.74, 6) is 0.852. The minimum absolute atomic E-state index is 0.112. The molecule has 0 aliphatic carbocycles. The van der Waals surface area contributed by atoms with Gasteiger partial charge in [-0.1, -0.05) is 35.3 Å². The molecule has 25 heavy (non-hydrogen) atoms. The van der Waals surface area contributed by atoms with E-state index >= 15 is 0 Å². The molecule has 0 saturated carbocycles. The van der Waals surface area contributed by atoms with Crippen molar-refractivity contribution >= 4 is 40.9 Å². The standard InChI is InChI=1S/C19H20Cl2N2OS/c1-22-7-9-23(10-8-22)19(24)15-4-2-3-14(11-15)13-25-18-12-16(20)5-6-17(18)21/h2-6,11-12H,7-10,13H2,1H3. The molecule has 2 aromatic rings. The summed E-state index contributed by atoms with van der Waals surface area (Å²) in [6, 6.07) is 13.3. The Labute approximate surface area is 162 Å². The normalized spacial score (nSPS) is 15.4. The monoisotopic (exact) mass is 394 g/mol. The molecule has 132 valence electrons. The summed E-state index contributed by atoms with van der Waals surface area (Å²) in [6.07, 6.45) is 0. The summed E-state index contributed by atoms with van der Waals surface area (Å²) in [5, 5.41) is 1.37. The molecule has 0 N–H and O–H groups in total. The summed E-state index contributed by atoms with van der Waals surface area (Å²) in [5.41, 5.74) is 1.85. The first-order chi connectivity index (χ1) is 12.0. The number of hydrogen-bond acceptors (Lipinski definition) is 3. The second-order valence-electron chi connectivity index (χ2n) is 6.16. The highest BCUT2D eigenvalue weighted by molar-refractivity contribution is 7.98. The Bertz CT molecular complexity index is 761. The number of amides is 1. The maximum Gasteiger partial charge on any atom is 0.253 e. The number of rotatable bonds is 4. The number of benzene rings is 2. The van der Waals surface area contributed by atoms with Crippen molar-refractivity contribution in [1.29, 1.82) is 0 Å². The number of hydrogen-bond donors (Lipinski definition) is 0. The smallest absolute Gasteiger partial charge is 0.253 e. The summed E-state index contributed by atoms with van der Waals surface area (Å²) < 4.78 is 0. The number of thioether (sulfide) groups is 1. The maximum atomic E-state index is 12.7. The molecule has 3 rings (SSSR count). The van der Waals surface area contributed by atoms with Gasteiger partial charge in [0.2, 0.25) is 0 Å². The number of likely N-dealkylation sites (N-methyl/N-ethyl adjacent to an activating group) is 1. The molecule has 0 radical (unpaired) electrons. The molecule has 1 aliphatic heterocycles. The molecule has 1 amide bonds. The van der Waals surface area contributed by atoms with E-state index in [0.717, 1.165) is 48.0 Å². The molecule has 0 bridgehead atoms. The van der Waals surface area contributed by atoms with Crippen LogP contribution < -0.4 is 0 Å². The molecule has 0 unspecified atom stereocenters. The van der Waals surface area contributed by atoms with Gasteiger partial charge in [-0.2, -0.15) is 0 Å². The van der Waals surface area contributed by atoms with Crippen LogP contribution in [-0.2, 0) is 5.75 Å². The molecular formula is C19H20Cl2N2OS. The van der Waals surface area contributed by atoms with Crippen molar-refractivity contribution in [1.82, 2.24) is 9.80 Å². The van der Waals surface area contributed by atoms with Crippen LogP contribution in [0.5, 0.6) is 0 Å². The topological polar surface area (TPSA) is 23.6 Å². The summed E-state index contributed by atoms with van der Waals surface area (Å²) in [6.45, 7) is 3.42. The first-order valence-corrected chi connectivity index (χ1v) is 9.92. The first-order valence-electron chi connectivity index (χ1n) is 8.17. The fourth-order valence-electron chi connectivity index (χ4n) is 2.74. The Kier molecular flexibility index (Phi) is 6.29. The van der Waals surface area contributed by atoms with Gasteiger partial charge in [0.05, 0.1) is 5.02 Å². The van der Waals surface area contributed by atoms with Crippen molar-refractivity contribution in [2.24, 2.45) is 0 Å². The lowest BCUT2D eigenvalue weighted by molar-refractivity contribution is 0.0664. The lowest BCUT2D eigenvalue weighted by Gasteiger charge is -2.32. The van der Waals surface area contributed by atoms with Gasteiger partial charge in [0.25, 0.3) is 5.91 Å². The van der Waals surface area contributed by atoms with Crippen LogP contribution in [0, 0.1) is 0 Å². The Morgan fingerprint density at radius 3 is 2.60 bits per heavy atom. The zero-order valence-corrected chi connectivity index (χ0v) is 16.4. The van der Waals surface area contributed by atoms with Crippen molar-refractivity contribution in [3.63, 3.8) is 0 Å². The van der Waals surface area contributed by atoms with Crippen molar-refractivity contribution in [3.05, 3.63) is 63.6 Å². The van der Waals surface area contributed by atoms with E-state index in [0.29, 0.717) is 10.0 Å². The number of halogens is 2. The predicted molar refractivity (Wildman–Crippen MR) is 106 cm³/mol. The van der Waals surface area contributed by atoms with E-state index in [1.165, 1.54) is 0 Å². The van der Waals surface area contributed by atoms with E-state index < -0.39 is 0 Å². The molecule has 1 saturated heterocycles. The third-order valence-electron chi connectivity index (χ3n) is 4.25. The molecule has 1 heterocycles. The van der Waals surface area contributed by atoms with E-state index in [1.54, 1.807) is 23.9 Å². The predicted octanol–water partition coefficient (Wildman–Crippen LogP) is 4.67. The zero-order chi connectivity index (χ0) is 17.8. The van der Waals surface area contributed by atoms with Crippen molar-refractivity contribution in [2.45, 2.75) is 10.6 Å². The molecule has 1 aliphatic rings. The van der Waals surface area contributed by atoms with Gasteiger partial charge in [-0.25, -0.2) is 0 Å². The van der Waals surface area contributed by atoms with Gasteiger partial charge < -0.3 is 9.80 Å². The highest BCUT2D eigenvalue weighted by Gasteiger charge is 2.20. The van der Waals surface area contributed by atoms with Crippen LogP contribution in [0.2, 0.25) is 10.0 Å². The molecule has 0 spiro atoms. The van der Waals surface area contributed by atoms with Crippen LogP contribution in [0.25, 0.3) is 0 Å². The van der Waals surface area contributed by atoms with Gasteiger partial charge in [-0.15, -0.1) is 11.8 Å². The third kappa shape index (κ3) is 4.91. The lowest BCUT2D eigenvalue weighted by atomic mass is 10.1. The van der Waals surface area contributed by atoms with Crippen LogP contribution >= 0.6 is 35.0 Å². The minimum Gasteiger partial charge on any atom is -0.336 e. The van der Waals surface area contributed by atoms with E-state index in [9.17, 15) is 4.79 Å². The summed E-state index contributed by atoms with van der Waals surface area (Å²) in [7, 11) is 2.08. The molecule has 2 aromatic carbocycles. The molecular weight excluding hydrogens is 375 g/mol. The van der Waals surface area contributed by atoms with Crippen molar-refractivity contribution < 1.29 is 4.79 Å². The number of piperazine rings is 1. The molecule has 0 aromatic heterocycles. The van der Waals surface area contributed by atoms with E-state index in [1.807, 2.05) is 35.2 Å². The van der Waals surface area contributed by atoms with Gasteiger partial charge in [0.15, 0.2) is 0 Å². The van der Waals surface area contributed by atoms with E-state index in [2.05, 4.69) is 11.9 Å². The molecule has 0 atom stereocenters. The lowest BCUT2D eigenvalue weighted by Crippen LogP contribution is -2.47. The van der Waals surface area contributed by atoms with E-state index in [-0.39, 0.29) is 5.91 Å². The number of carbonyl (C=O) groups excluding carboxylic acids is 1. The molecule has 6 heteroatoms. The van der Waals surface area contributed by atoms with Crippen LogP contribution in [0.1, 0.15) is 15.9 Å². The van der Waals surface area contributed by atoms with Crippen LogP contribution in [-0.4, -0.2) is 48.9 Å². The number of carbonyl (C=O) groups is 1. The SMILES string of the molecule is CN1CCN(C(=O)c2cccc(CSc3cc(Cl)ccc3Cl)c2)CC1. The van der Waals surface area contributed by atoms with Crippen LogP contribution in [0.3, 0.4) is 0 Å². The Balaban J connectivity index is 1.67. The van der Waals surface area contributed by atoms with Crippen LogP contribution in [0.15, 0.2) is 47.4 Å². The zero-order valence-electron chi connectivity index (χ0n) is 14.0. The van der Waals surface area contributed by atoms with Crippen molar-refractivity contribution in [2.75, 3.05) is 33.2 Å². The van der Waals surface area contributed by atoms with Crippen molar-refractivity contribution in [3.8, 4) is 0 Å². The van der Waals surface area contributed by atoms with Crippen LogP contribution in [0.4, 0.5) is 0 Å². The quantitative estimate of drug-likeness (QED) is 0.703. The van der Waals surface area contributed by atoms with Gasteiger partial charge in [0, 0.05) is 47.4 Å². The second kappa shape index (κ2) is 8.45. The largest absolute Gasteiger partial charge is 0.336 e. The fraction of sp³-hybridized carbons (Fsp3) is 0.316. The maximum absolute atomic E-state index is 12.7. The molecule has 1 fully saturated rings. The van der Waals surface area contributed by atoms with Gasteiger partial charge in [-0.3, -0.25) is 4.79 Å². The van der Waals surface area contributed by atoms with E-state index in [4.69, 9.17) is 23.2 Å². The minimum atomic E-state index is 0.112. The first kappa shape index (κ1) is 18.6.